The molecule has 3 rings (SSSR count). The number of nitriles is 1. The van der Waals surface area contributed by atoms with Gasteiger partial charge < -0.3 is 10.3 Å². The van der Waals surface area contributed by atoms with Crippen LogP contribution in [0.1, 0.15) is 79.8 Å². The Balaban J connectivity index is 1.89. The number of aromatic nitrogens is 3. The Kier molecular flexibility index (Phi) is 4.23. The molecule has 3 N–H and O–H groups in total. The quantitative estimate of drug-likeness (QED) is 0.560. The Morgan fingerprint density at radius 3 is 2.66 bits per heavy atom. The van der Waals surface area contributed by atoms with E-state index in [0.717, 1.165) is 5.69 Å². The van der Waals surface area contributed by atoms with Crippen molar-refractivity contribution in [1.29, 1.82) is 5.26 Å². The Morgan fingerprint density at radius 1 is 1.38 bits per heavy atom. The van der Waals surface area contributed by atoms with Crippen LogP contribution >= 0.6 is 0 Å². The summed E-state index contributed by atoms with van der Waals surface area (Å²) in [7, 11) is 0. The molecule has 3 aromatic rings. The molecule has 168 valence electrons. The van der Waals surface area contributed by atoms with Crippen LogP contribution in [0, 0.1) is 16.7 Å². The van der Waals surface area contributed by atoms with E-state index in [1.54, 1.807) is 25.1 Å². The molecule has 32 heavy (non-hydrogen) atoms. The fourth-order valence-electron chi connectivity index (χ4n) is 3.22. The Morgan fingerprint density at radius 2 is 2.06 bits per heavy atom. The van der Waals surface area contributed by atoms with Crippen LogP contribution in [0.2, 0.25) is 0 Å². The average Bonchev–Trinajstić information content (AvgIpc) is 3.38. The number of benzene rings is 1. The zero-order valence-corrected chi connectivity index (χ0v) is 18.4. The van der Waals surface area contributed by atoms with Crippen LogP contribution in [-0.4, -0.2) is 20.8 Å². The second kappa shape index (κ2) is 8.87. The molecule has 1 aromatic carbocycles. The Hall–Kier alpha value is -3.60. The molecule has 0 bridgehead atoms. The van der Waals surface area contributed by atoms with Crippen molar-refractivity contribution in [1.82, 2.24) is 14.9 Å². The molecule has 2 aromatic heterocycles. The summed E-state index contributed by atoms with van der Waals surface area (Å²) in [5.41, 5.74) is 7.23. The number of amides is 1. The second-order valence-corrected chi connectivity index (χ2v) is 8.73. The van der Waals surface area contributed by atoms with Crippen LogP contribution in [0.3, 0.4) is 0 Å². The molecule has 1 atom stereocenters. The number of nitrogens with two attached hydrogens (primary N) is 1. The van der Waals surface area contributed by atoms with E-state index < -0.39 is 31.5 Å². The van der Waals surface area contributed by atoms with E-state index in [1.807, 2.05) is 6.07 Å². The highest BCUT2D eigenvalue weighted by molar-refractivity contribution is 5.94. The number of nitrogen functional groups attached to an aromatic ring is 1. The molecule has 0 fully saturated rings. The third-order valence-electron chi connectivity index (χ3n) is 4.84. The molecular formula is C24H30N6O2. The molecule has 0 saturated heterocycles. The lowest BCUT2D eigenvalue weighted by atomic mass is 9.91. The highest BCUT2D eigenvalue weighted by atomic mass is 16.5. The van der Waals surface area contributed by atoms with Gasteiger partial charge in [0.15, 0.2) is 0 Å². The van der Waals surface area contributed by atoms with Crippen molar-refractivity contribution < 1.29 is 18.9 Å². The van der Waals surface area contributed by atoms with Crippen molar-refractivity contribution >= 4 is 17.6 Å². The van der Waals surface area contributed by atoms with Gasteiger partial charge in [-0.3, -0.25) is 10.1 Å². The third kappa shape index (κ3) is 4.99. The lowest BCUT2D eigenvalue weighted by Crippen LogP contribution is -2.18. The maximum absolute atomic E-state index is 12.8. The van der Waals surface area contributed by atoms with Crippen molar-refractivity contribution in [3.05, 3.63) is 47.2 Å². The molecule has 0 radical (unpaired) electrons. The Labute approximate surface area is 198 Å². The van der Waals surface area contributed by atoms with Crippen molar-refractivity contribution in [3.8, 4) is 17.3 Å². The predicted molar refractivity (Wildman–Crippen MR) is 124 cm³/mol. The summed E-state index contributed by atoms with van der Waals surface area (Å²) in [4.78, 5) is 12.8. The molecular weight excluding hydrogens is 404 g/mol. The summed E-state index contributed by atoms with van der Waals surface area (Å²) in [6.45, 7) is 1.19. The van der Waals surface area contributed by atoms with Gasteiger partial charge in [-0.05, 0) is 38.0 Å². The molecule has 1 unspecified atom stereocenters. The van der Waals surface area contributed by atoms with Crippen molar-refractivity contribution in [2.45, 2.75) is 59.8 Å². The number of nitrogens with one attached hydrogen (secondary N) is 1. The largest absolute Gasteiger partial charge is 0.383 e. The summed E-state index contributed by atoms with van der Waals surface area (Å²) >= 11 is 0. The van der Waals surface area contributed by atoms with Crippen LogP contribution in [0.4, 0.5) is 11.7 Å². The van der Waals surface area contributed by atoms with Crippen LogP contribution in [-0.2, 0) is 11.2 Å². The molecule has 0 aliphatic rings. The van der Waals surface area contributed by atoms with Gasteiger partial charge in [0.2, 0.25) is 11.8 Å². The van der Waals surface area contributed by atoms with Crippen LogP contribution in [0.15, 0.2) is 34.9 Å². The van der Waals surface area contributed by atoms with Crippen LogP contribution < -0.4 is 11.1 Å². The molecule has 2 heterocycles. The van der Waals surface area contributed by atoms with Crippen LogP contribution in [0.5, 0.6) is 0 Å². The van der Waals surface area contributed by atoms with E-state index in [4.69, 9.17) is 19.9 Å². The molecule has 8 nitrogen and oxygen atoms in total. The maximum atomic E-state index is 12.8. The zero-order valence-electron chi connectivity index (χ0n) is 25.4. The van der Waals surface area contributed by atoms with Gasteiger partial charge in [0.1, 0.15) is 23.1 Å². The first-order chi connectivity index (χ1) is 17.8. The molecule has 0 spiro atoms. The van der Waals surface area contributed by atoms with Gasteiger partial charge >= 0.3 is 0 Å². The van der Waals surface area contributed by atoms with E-state index in [-0.39, 0.29) is 28.5 Å². The monoisotopic (exact) mass is 441 g/mol. The van der Waals surface area contributed by atoms with Gasteiger partial charge in [0.05, 0.1) is 13.0 Å². The highest BCUT2D eigenvalue weighted by Crippen LogP contribution is 2.30. The number of carbonyl (C=O) groups is 1. The summed E-state index contributed by atoms with van der Waals surface area (Å²) in [6, 6.07) is 6.57. The van der Waals surface area contributed by atoms with Gasteiger partial charge in [-0.2, -0.15) is 10.4 Å². The number of carbonyl (C=O) groups excluding carboxylic acids is 1. The van der Waals surface area contributed by atoms with Crippen molar-refractivity contribution in [2.24, 2.45) is 5.41 Å². The van der Waals surface area contributed by atoms with E-state index in [9.17, 15) is 10.1 Å². The summed E-state index contributed by atoms with van der Waals surface area (Å²) in [5.74, 6) is -1.28. The average molecular weight is 442 g/mol. The van der Waals surface area contributed by atoms with Crippen LogP contribution in [0.25, 0.3) is 11.3 Å². The SMILES string of the molecule is [2H]C([2H])([2H])C([2H])(n1nc(-c2ccc(C(C)C(=O)Nc3cc(CC(C)(C)C)no3)cc2)c(C#N)c1N)C([2H])([2H])[2H]. The van der Waals surface area contributed by atoms with Crippen molar-refractivity contribution in [2.75, 3.05) is 11.1 Å². The van der Waals surface area contributed by atoms with E-state index >= 15 is 0 Å². The highest BCUT2D eigenvalue weighted by Gasteiger charge is 2.21. The standard InChI is InChI=1S/C24H30N6O2/c1-14(2)30-22(26)19(13-25)21(28-30)17-9-7-16(8-10-17)15(3)23(31)27-20-11-18(29-32-20)12-24(4,5)6/h7-11,14-15H,12,26H2,1-6H3,(H,27,31)/i1D3,2D3,14D. The second-order valence-electron chi connectivity index (χ2n) is 8.73. The molecule has 0 aliphatic heterocycles. The summed E-state index contributed by atoms with van der Waals surface area (Å²) < 4.78 is 60.1. The fraction of sp³-hybridized carbons (Fsp3) is 0.417. The number of nitrogens with zero attached hydrogens (tertiary/aromatic N) is 4. The number of hydrogen-bond donors (Lipinski definition) is 2. The molecule has 1 amide bonds. The van der Waals surface area contributed by atoms with Gasteiger partial charge in [0, 0.05) is 25.9 Å². The summed E-state index contributed by atoms with van der Waals surface area (Å²) in [6.07, 6.45) is 0.675. The topological polar surface area (TPSA) is 123 Å². The van der Waals surface area contributed by atoms with Crippen molar-refractivity contribution in [3.63, 3.8) is 0 Å². The lowest BCUT2D eigenvalue weighted by molar-refractivity contribution is -0.117. The predicted octanol–water partition coefficient (Wildman–Crippen LogP) is 4.90. The Bertz CT molecular complexity index is 1380. The number of anilines is 2. The van der Waals surface area contributed by atoms with Gasteiger partial charge in [-0.25, -0.2) is 4.68 Å². The minimum absolute atomic E-state index is 0.000744. The van der Waals surface area contributed by atoms with E-state index in [0.29, 0.717) is 22.2 Å². The van der Waals surface area contributed by atoms with E-state index in [2.05, 4.69) is 36.3 Å². The first-order valence-electron chi connectivity index (χ1n) is 13.5. The lowest BCUT2D eigenvalue weighted by Gasteiger charge is -2.15. The first kappa shape index (κ1) is 15.2. The molecule has 8 heteroatoms. The fourth-order valence-corrected chi connectivity index (χ4v) is 3.22. The molecule has 0 saturated carbocycles. The normalized spacial score (nSPS) is 16.9. The number of hydrogen-bond acceptors (Lipinski definition) is 6. The summed E-state index contributed by atoms with van der Waals surface area (Å²) in [5, 5.41) is 20.4. The number of rotatable bonds is 6. The van der Waals surface area contributed by atoms with Gasteiger partial charge in [0.25, 0.3) is 0 Å². The third-order valence-corrected chi connectivity index (χ3v) is 4.84. The minimum Gasteiger partial charge on any atom is -0.383 e. The zero-order chi connectivity index (χ0) is 29.6. The van der Waals surface area contributed by atoms with Gasteiger partial charge in [-0.15, -0.1) is 0 Å². The maximum Gasteiger partial charge on any atom is 0.234 e. The first-order valence-corrected chi connectivity index (χ1v) is 9.96. The molecule has 0 aliphatic carbocycles. The van der Waals surface area contributed by atoms with Gasteiger partial charge in [-0.1, -0.05) is 50.2 Å². The minimum atomic E-state index is -3.34. The van der Waals surface area contributed by atoms with E-state index in [1.165, 1.54) is 12.1 Å². The smallest absolute Gasteiger partial charge is 0.234 e.